The van der Waals surface area contributed by atoms with E-state index in [1.54, 1.807) is 0 Å². The molecule has 0 saturated carbocycles. The first kappa shape index (κ1) is 10.4. The van der Waals surface area contributed by atoms with Crippen LogP contribution < -0.4 is 5.69 Å². The Balaban J connectivity index is 3.19. The number of rotatable bonds is 2. The van der Waals surface area contributed by atoms with Gasteiger partial charge in [-0.1, -0.05) is 0 Å². The first-order chi connectivity index (χ1) is 6.56. The molecular formula is C9H12N2O3. The third-order valence-electron chi connectivity index (χ3n) is 1.79. The molecule has 0 aliphatic heterocycles. The van der Waals surface area contributed by atoms with Crippen LogP contribution in [0.25, 0.3) is 0 Å². The third kappa shape index (κ3) is 1.99. The highest BCUT2D eigenvalue weighted by molar-refractivity contribution is 5.88. The van der Waals surface area contributed by atoms with Gasteiger partial charge >= 0.3 is 11.7 Å². The summed E-state index contributed by atoms with van der Waals surface area (Å²) in [5, 5.41) is 0. The minimum absolute atomic E-state index is 0.0281. The molecule has 0 aliphatic rings. The van der Waals surface area contributed by atoms with Crippen molar-refractivity contribution in [3.8, 4) is 0 Å². The predicted octanol–water partition coefficient (Wildman–Crippen LogP) is 0.611. The van der Waals surface area contributed by atoms with Gasteiger partial charge in [0.15, 0.2) is 0 Å². The zero-order valence-corrected chi connectivity index (χ0v) is 8.35. The Labute approximate surface area is 81.3 Å². The number of hydrogen-bond acceptors (Lipinski definition) is 4. The quantitative estimate of drug-likeness (QED) is 0.650. The molecule has 0 aliphatic carbocycles. The molecule has 5 nitrogen and oxygen atoms in total. The normalized spacial score (nSPS) is 10.3. The molecule has 0 unspecified atom stereocenters. The summed E-state index contributed by atoms with van der Waals surface area (Å²) in [5.74, 6) is -0.494. The fourth-order valence-electron chi connectivity index (χ4n) is 1.02. The fraction of sp³-hybridized carbons (Fsp3) is 0.444. The Kier molecular flexibility index (Phi) is 3.01. The van der Waals surface area contributed by atoms with Crippen LogP contribution in [0.1, 0.15) is 30.2 Å². The predicted molar refractivity (Wildman–Crippen MR) is 50.2 cm³/mol. The topological polar surface area (TPSA) is 61.2 Å². The highest BCUT2D eigenvalue weighted by Crippen LogP contribution is 2.02. The molecule has 0 spiro atoms. The molecule has 0 aromatic carbocycles. The number of carbonyl (C=O) groups excluding carboxylic acids is 1. The number of esters is 1. The van der Waals surface area contributed by atoms with E-state index in [4.69, 9.17) is 0 Å². The monoisotopic (exact) mass is 196 g/mol. The summed E-state index contributed by atoms with van der Waals surface area (Å²) in [6, 6.07) is -0.0281. The second-order valence-electron chi connectivity index (χ2n) is 3.12. The molecule has 5 heteroatoms. The molecule has 1 aromatic rings. The Morgan fingerprint density at radius 1 is 1.57 bits per heavy atom. The summed E-state index contributed by atoms with van der Waals surface area (Å²) < 4.78 is 5.90. The van der Waals surface area contributed by atoms with Gasteiger partial charge in [0.1, 0.15) is 0 Å². The van der Waals surface area contributed by atoms with E-state index in [0.29, 0.717) is 0 Å². The lowest BCUT2D eigenvalue weighted by molar-refractivity contribution is 0.0599. The Morgan fingerprint density at radius 2 is 2.21 bits per heavy atom. The molecule has 0 saturated heterocycles. The van der Waals surface area contributed by atoms with Crippen molar-refractivity contribution >= 4 is 5.97 Å². The molecular weight excluding hydrogens is 184 g/mol. The maximum Gasteiger partial charge on any atom is 0.347 e. The zero-order chi connectivity index (χ0) is 10.7. The van der Waals surface area contributed by atoms with Crippen molar-refractivity contribution in [2.75, 3.05) is 7.11 Å². The molecule has 76 valence electrons. The molecule has 0 atom stereocenters. The van der Waals surface area contributed by atoms with E-state index in [1.165, 1.54) is 24.1 Å². The molecule has 0 fully saturated rings. The van der Waals surface area contributed by atoms with Gasteiger partial charge in [0.05, 0.1) is 12.7 Å². The number of ether oxygens (including phenoxy) is 1. The number of nitrogens with zero attached hydrogens (tertiary/aromatic N) is 2. The van der Waals surface area contributed by atoms with Crippen molar-refractivity contribution in [3.63, 3.8) is 0 Å². The number of carbonyl (C=O) groups is 1. The molecule has 1 rings (SSSR count). The molecule has 0 amide bonds. The van der Waals surface area contributed by atoms with Gasteiger partial charge in [-0.2, -0.15) is 0 Å². The smallest absolute Gasteiger partial charge is 0.347 e. The van der Waals surface area contributed by atoms with E-state index in [1.807, 2.05) is 13.8 Å². The van der Waals surface area contributed by atoms with Crippen molar-refractivity contribution in [1.82, 2.24) is 9.55 Å². The van der Waals surface area contributed by atoms with Crippen LogP contribution in [0.2, 0.25) is 0 Å². The van der Waals surface area contributed by atoms with Crippen LogP contribution in [0.15, 0.2) is 17.2 Å². The average molecular weight is 196 g/mol. The SMILES string of the molecule is COC(=O)c1cnc(=O)n(C(C)C)c1. The highest BCUT2D eigenvalue weighted by Gasteiger charge is 2.09. The summed E-state index contributed by atoms with van der Waals surface area (Å²) in [5.41, 5.74) is -0.0894. The van der Waals surface area contributed by atoms with E-state index in [-0.39, 0.29) is 17.3 Å². The summed E-state index contributed by atoms with van der Waals surface area (Å²) in [6.07, 6.45) is 2.67. The summed E-state index contributed by atoms with van der Waals surface area (Å²) in [4.78, 5) is 25.9. The number of aromatic nitrogens is 2. The van der Waals surface area contributed by atoms with Crippen LogP contribution in [0.5, 0.6) is 0 Å². The zero-order valence-electron chi connectivity index (χ0n) is 8.35. The van der Waals surface area contributed by atoms with Gasteiger partial charge in [0.25, 0.3) is 0 Å². The lowest BCUT2D eigenvalue weighted by Gasteiger charge is -2.09. The molecule has 0 radical (unpaired) electrons. The van der Waals surface area contributed by atoms with E-state index >= 15 is 0 Å². The number of hydrogen-bond donors (Lipinski definition) is 0. The van der Waals surface area contributed by atoms with Crippen molar-refractivity contribution in [3.05, 3.63) is 28.4 Å². The largest absolute Gasteiger partial charge is 0.465 e. The van der Waals surface area contributed by atoms with Crippen LogP contribution in [0.4, 0.5) is 0 Å². The van der Waals surface area contributed by atoms with Crippen LogP contribution in [-0.4, -0.2) is 22.6 Å². The number of methoxy groups -OCH3 is 1. The molecule has 1 aromatic heterocycles. The third-order valence-corrected chi connectivity index (χ3v) is 1.79. The van der Waals surface area contributed by atoms with Gasteiger partial charge in [0.2, 0.25) is 0 Å². The van der Waals surface area contributed by atoms with Crippen molar-refractivity contribution in [2.45, 2.75) is 19.9 Å². The van der Waals surface area contributed by atoms with Crippen LogP contribution in [-0.2, 0) is 4.74 Å². The van der Waals surface area contributed by atoms with E-state index in [0.717, 1.165) is 0 Å². The Morgan fingerprint density at radius 3 is 2.71 bits per heavy atom. The Hall–Kier alpha value is -1.65. The molecule has 1 heterocycles. The molecule has 14 heavy (non-hydrogen) atoms. The van der Waals surface area contributed by atoms with Gasteiger partial charge in [0, 0.05) is 18.4 Å². The minimum Gasteiger partial charge on any atom is -0.465 e. The van der Waals surface area contributed by atoms with Gasteiger partial charge in [-0.25, -0.2) is 14.6 Å². The van der Waals surface area contributed by atoms with Gasteiger partial charge in [-0.15, -0.1) is 0 Å². The lowest BCUT2D eigenvalue weighted by Crippen LogP contribution is -2.25. The first-order valence-electron chi connectivity index (χ1n) is 4.22. The standard InChI is InChI=1S/C9H12N2O3/c1-6(2)11-5-7(8(12)14-3)4-10-9(11)13/h4-6H,1-3H3. The van der Waals surface area contributed by atoms with Gasteiger partial charge in [-0.05, 0) is 13.8 Å². The summed E-state index contributed by atoms with van der Waals surface area (Å²) in [6.45, 7) is 3.67. The van der Waals surface area contributed by atoms with Gasteiger partial charge < -0.3 is 4.74 Å². The van der Waals surface area contributed by atoms with Crippen LogP contribution in [0.3, 0.4) is 0 Å². The second-order valence-corrected chi connectivity index (χ2v) is 3.12. The molecule has 0 N–H and O–H groups in total. The minimum atomic E-state index is -0.494. The second kappa shape index (κ2) is 4.04. The van der Waals surface area contributed by atoms with E-state index < -0.39 is 5.97 Å². The first-order valence-corrected chi connectivity index (χ1v) is 4.22. The molecule has 0 bridgehead atoms. The maximum absolute atomic E-state index is 11.2. The lowest BCUT2D eigenvalue weighted by atomic mass is 10.3. The Bertz CT molecular complexity index is 395. The van der Waals surface area contributed by atoms with Crippen LogP contribution >= 0.6 is 0 Å². The fourth-order valence-corrected chi connectivity index (χ4v) is 1.02. The highest BCUT2D eigenvalue weighted by atomic mass is 16.5. The summed E-state index contributed by atoms with van der Waals surface area (Å²) >= 11 is 0. The van der Waals surface area contributed by atoms with Gasteiger partial charge in [-0.3, -0.25) is 4.57 Å². The average Bonchev–Trinajstić information content (AvgIpc) is 2.17. The van der Waals surface area contributed by atoms with Crippen molar-refractivity contribution in [1.29, 1.82) is 0 Å². The van der Waals surface area contributed by atoms with Crippen LogP contribution in [0, 0.1) is 0 Å². The van der Waals surface area contributed by atoms with E-state index in [2.05, 4.69) is 9.72 Å². The van der Waals surface area contributed by atoms with Crippen molar-refractivity contribution < 1.29 is 9.53 Å². The maximum atomic E-state index is 11.2. The summed E-state index contributed by atoms with van der Waals surface area (Å²) in [7, 11) is 1.28. The van der Waals surface area contributed by atoms with Crippen molar-refractivity contribution in [2.24, 2.45) is 0 Å². The van der Waals surface area contributed by atoms with E-state index in [9.17, 15) is 9.59 Å².